The second-order valence-corrected chi connectivity index (χ2v) is 9.24. The predicted molar refractivity (Wildman–Crippen MR) is 102 cm³/mol. The number of carbonyl (C=O) groups is 1. The van der Waals surface area contributed by atoms with E-state index in [4.69, 9.17) is 5.14 Å². The molecule has 0 bridgehead atoms. The van der Waals surface area contributed by atoms with Gasteiger partial charge in [-0.15, -0.1) is 22.7 Å². The number of amides is 1. The molecule has 0 aliphatic heterocycles. The normalized spacial score (nSPS) is 13.3. The molecule has 7 nitrogen and oxygen atoms in total. The van der Waals surface area contributed by atoms with E-state index in [1.807, 2.05) is 29.0 Å². The first kappa shape index (κ1) is 17.2. The summed E-state index contributed by atoms with van der Waals surface area (Å²) >= 11 is 2.89. The van der Waals surface area contributed by atoms with Gasteiger partial charge in [-0.1, -0.05) is 12.1 Å². The number of nitrogens with two attached hydrogens (primary N) is 1. The molecule has 0 aliphatic rings. The van der Waals surface area contributed by atoms with E-state index in [1.165, 1.54) is 23.5 Å². The van der Waals surface area contributed by atoms with Crippen molar-refractivity contribution in [3.63, 3.8) is 0 Å². The molecule has 0 saturated heterocycles. The smallest absolute Gasteiger partial charge is 0.261 e. The minimum atomic E-state index is -3.73. The van der Waals surface area contributed by atoms with Crippen molar-refractivity contribution in [3.05, 3.63) is 52.3 Å². The maximum absolute atomic E-state index is 12.5. The third-order valence-electron chi connectivity index (χ3n) is 4.02. The Morgan fingerprint density at radius 2 is 2.04 bits per heavy atom. The highest BCUT2D eigenvalue weighted by molar-refractivity contribution is 7.89. The van der Waals surface area contributed by atoms with Crippen LogP contribution in [0.25, 0.3) is 15.3 Å². The van der Waals surface area contributed by atoms with Crippen LogP contribution in [-0.4, -0.2) is 23.7 Å². The van der Waals surface area contributed by atoms with Gasteiger partial charge in [-0.25, -0.2) is 18.5 Å². The van der Waals surface area contributed by atoms with Crippen molar-refractivity contribution >= 4 is 53.9 Å². The molecule has 1 atom stereocenters. The quantitative estimate of drug-likeness (QED) is 0.543. The third kappa shape index (κ3) is 3.01. The fourth-order valence-corrected chi connectivity index (χ4v) is 4.88. The molecule has 26 heavy (non-hydrogen) atoms. The van der Waals surface area contributed by atoms with E-state index in [0.717, 1.165) is 20.9 Å². The fourth-order valence-electron chi connectivity index (χ4n) is 2.66. The highest BCUT2D eigenvalue weighted by Crippen LogP contribution is 2.28. The van der Waals surface area contributed by atoms with Gasteiger partial charge < -0.3 is 5.32 Å². The predicted octanol–water partition coefficient (Wildman–Crippen LogP) is 2.75. The number of aromatic nitrogens is 2. The number of thiazole rings is 1. The topological polar surface area (TPSA) is 107 Å². The average Bonchev–Trinajstić information content (AvgIpc) is 3.25. The number of primary sulfonamides is 1. The first-order valence-corrected chi connectivity index (χ1v) is 10.9. The van der Waals surface area contributed by atoms with Crippen molar-refractivity contribution in [2.24, 2.45) is 5.14 Å². The van der Waals surface area contributed by atoms with Crippen molar-refractivity contribution < 1.29 is 13.2 Å². The zero-order chi connectivity index (χ0) is 18.5. The highest BCUT2D eigenvalue weighted by Gasteiger charge is 2.17. The Kier molecular flexibility index (Phi) is 4.07. The number of sulfonamides is 1. The number of fused-ring (bicyclic) bond motifs is 3. The second-order valence-electron chi connectivity index (χ2n) is 5.78. The molecule has 0 radical (unpaired) electrons. The van der Waals surface area contributed by atoms with E-state index in [9.17, 15) is 13.2 Å². The van der Waals surface area contributed by atoms with Crippen molar-refractivity contribution in [1.82, 2.24) is 14.7 Å². The van der Waals surface area contributed by atoms with Crippen LogP contribution in [0.5, 0.6) is 0 Å². The average molecular weight is 407 g/mol. The van der Waals surface area contributed by atoms with Gasteiger partial charge in [0.05, 0.1) is 21.3 Å². The van der Waals surface area contributed by atoms with E-state index in [-0.39, 0.29) is 16.8 Å². The standard InChI is InChI=1S/C16H14N4O3S3/c1-9(10-2-4-11(5-3-10)26(17,22)23)18-14(21)13-8-12-15(25-13)19-16-20(12)6-7-24-16/h2-9H,1H3,(H,18,21)(H2,17,22,23). The van der Waals surface area contributed by atoms with Gasteiger partial charge in [0, 0.05) is 11.6 Å². The number of imidazole rings is 1. The minimum Gasteiger partial charge on any atom is -0.345 e. The summed E-state index contributed by atoms with van der Waals surface area (Å²) in [6, 6.07) is 7.69. The van der Waals surface area contributed by atoms with Crippen LogP contribution in [0.2, 0.25) is 0 Å². The van der Waals surface area contributed by atoms with Gasteiger partial charge in [0.15, 0.2) is 4.96 Å². The van der Waals surface area contributed by atoms with E-state index in [2.05, 4.69) is 10.3 Å². The number of hydrogen-bond donors (Lipinski definition) is 2. The van der Waals surface area contributed by atoms with E-state index in [1.54, 1.807) is 23.5 Å². The summed E-state index contributed by atoms with van der Waals surface area (Å²) in [5, 5.41) is 9.97. The molecule has 0 spiro atoms. The summed E-state index contributed by atoms with van der Waals surface area (Å²) in [6.07, 6.45) is 1.93. The van der Waals surface area contributed by atoms with Gasteiger partial charge in [-0.05, 0) is 30.7 Å². The Balaban J connectivity index is 1.54. The lowest BCUT2D eigenvalue weighted by atomic mass is 10.1. The van der Waals surface area contributed by atoms with Crippen LogP contribution in [0.1, 0.15) is 28.2 Å². The Labute approximate surface area is 157 Å². The van der Waals surface area contributed by atoms with Crippen molar-refractivity contribution in [3.8, 4) is 0 Å². The van der Waals surface area contributed by atoms with Gasteiger partial charge in [-0.2, -0.15) is 0 Å². The molecule has 1 aromatic carbocycles. The van der Waals surface area contributed by atoms with E-state index in [0.29, 0.717) is 4.88 Å². The lowest BCUT2D eigenvalue weighted by Crippen LogP contribution is -2.26. The number of benzene rings is 1. The van der Waals surface area contributed by atoms with Crippen LogP contribution < -0.4 is 10.5 Å². The van der Waals surface area contributed by atoms with Gasteiger partial charge >= 0.3 is 0 Å². The molecule has 3 heterocycles. The number of hydrogen-bond acceptors (Lipinski definition) is 6. The Morgan fingerprint density at radius 3 is 2.73 bits per heavy atom. The Morgan fingerprint density at radius 1 is 1.31 bits per heavy atom. The molecule has 1 unspecified atom stereocenters. The molecule has 0 saturated carbocycles. The fraction of sp³-hybridized carbons (Fsp3) is 0.125. The SMILES string of the molecule is CC(NC(=O)c1cc2c(nc3sccn32)s1)c1ccc(S(N)(=O)=O)cc1. The molecular formula is C16H14N4O3S3. The van der Waals surface area contributed by atoms with Gasteiger partial charge in [-0.3, -0.25) is 9.20 Å². The van der Waals surface area contributed by atoms with Crippen molar-refractivity contribution in [2.45, 2.75) is 17.9 Å². The molecular weight excluding hydrogens is 392 g/mol. The molecule has 3 aromatic heterocycles. The monoisotopic (exact) mass is 406 g/mol. The molecule has 4 aromatic rings. The Hall–Kier alpha value is -2.27. The first-order chi connectivity index (χ1) is 12.3. The van der Waals surface area contributed by atoms with Gasteiger partial charge in [0.25, 0.3) is 5.91 Å². The molecule has 3 N–H and O–H groups in total. The number of carbonyl (C=O) groups excluding carboxylic acids is 1. The largest absolute Gasteiger partial charge is 0.345 e. The van der Waals surface area contributed by atoms with Crippen LogP contribution in [0.4, 0.5) is 0 Å². The lowest BCUT2D eigenvalue weighted by Gasteiger charge is -2.14. The highest BCUT2D eigenvalue weighted by atomic mass is 32.2. The van der Waals surface area contributed by atoms with Crippen LogP contribution in [0, 0.1) is 0 Å². The summed E-state index contributed by atoms with van der Waals surface area (Å²) in [4.78, 5) is 19.4. The van der Waals surface area contributed by atoms with E-state index < -0.39 is 10.0 Å². The number of thiophene rings is 1. The van der Waals surface area contributed by atoms with Crippen molar-refractivity contribution in [2.75, 3.05) is 0 Å². The number of rotatable bonds is 4. The third-order valence-corrected chi connectivity index (χ3v) is 6.72. The molecule has 134 valence electrons. The molecule has 4 rings (SSSR count). The van der Waals surface area contributed by atoms with E-state index >= 15 is 0 Å². The Bertz CT molecular complexity index is 1220. The summed E-state index contributed by atoms with van der Waals surface area (Å²) in [6.45, 7) is 1.83. The van der Waals surface area contributed by atoms with Crippen LogP contribution in [-0.2, 0) is 10.0 Å². The zero-order valence-corrected chi connectivity index (χ0v) is 16.0. The maximum atomic E-state index is 12.5. The summed E-state index contributed by atoms with van der Waals surface area (Å²) in [7, 11) is -3.73. The second kappa shape index (κ2) is 6.16. The molecule has 10 heteroatoms. The first-order valence-electron chi connectivity index (χ1n) is 7.61. The van der Waals surface area contributed by atoms with Gasteiger partial charge in [0.2, 0.25) is 10.0 Å². The number of nitrogens with zero attached hydrogens (tertiary/aromatic N) is 2. The minimum absolute atomic E-state index is 0.0414. The van der Waals surface area contributed by atoms with Crippen LogP contribution in [0.15, 0.2) is 46.8 Å². The summed E-state index contributed by atoms with van der Waals surface area (Å²) < 4.78 is 24.6. The zero-order valence-electron chi connectivity index (χ0n) is 13.5. The van der Waals surface area contributed by atoms with Crippen LogP contribution >= 0.6 is 22.7 Å². The molecule has 0 fully saturated rings. The van der Waals surface area contributed by atoms with Crippen molar-refractivity contribution in [1.29, 1.82) is 0 Å². The summed E-state index contributed by atoms with van der Waals surface area (Å²) in [5.74, 6) is -0.194. The number of nitrogens with one attached hydrogen (secondary N) is 1. The molecule has 1 amide bonds. The maximum Gasteiger partial charge on any atom is 0.261 e. The molecule has 0 aliphatic carbocycles. The summed E-state index contributed by atoms with van der Waals surface area (Å²) in [5.41, 5.74) is 1.70. The van der Waals surface area contributed by atoms with Crippen LogP contribution in [0.3, 0.4) is 0 Å². The lowest BCUT2D eigenvalue weighted by molar-refractivity contribution is 0.0944. The van der Waals surface area contributed by atoms with Gasteiger partial charge in [0.1, 0.15) is 4.83 Å².